The second-order valence-corrected chi connectivity index (χ2v) is 14.7. The van der Waals surface area contributed by atoms with E-state index in [2.05, 4.69) is 44.3 Å². The van der Waals surface area contributed by atoms with Crippen LogP contribution in [0.25, 0.3) is 21.5 Å². The van der Waals surface area contributed by atoms with E-state index in [9.17, 15) is 38.6 Å². The summed E-state index contributed by atoms with van der Waals surface area (Å²) in [5.74, 6) is -2.29. The lowest BCUT2D eigenvalue weighted by Crippen LogP contribution is -2.00. The summed E-state index contributed by atoms with van der Waals surface area (Å²) in [4.78, 5) is -0.404. The number of nitrogens with two attached hydrogens (primary N) is 2. The minimum absolute atomic E-state index is 0.0174. The van der Waals surface area contributed by atoms with Crippen molar-refractivity contribution in [2.75, 3.05) is 11.5 Å². The molecule has 0 atom stereocenters. The Labute approximate surface area is 333 Å². The third-order valence-electron chi connectivity index (χ3n) is 7.93. The van der Waals surface area contributed by atoms with Crippen molar-refractivity contribution in [2.45, 2.75) is 21.6 Å². The average Bonchev–Trinajstić information content (AvgIpc) is 3.15. The van der Waals surface area contributed by atoms with Gasteiger partial charge in [0, 0.05) is 44.3 Å². The van der Waals surface area contributed by atoms with E-state index in [0.29, 0.717) is 29.5 Å². The first-order valence-electron chi connectivity index (χ1n) is 15.7. The van der Waals surface area contributed by atoms with E-state index in [4.69, 9.17) is 22.0 Å². The first-order chi connectivity index (χ1) is 27.6. The minimum atomic E-state index is -5.03. The molecule has 25 heteroatoms. The zero-order valence-electron chi connectivity index (χ0n) is 29.0. The molecule has 0 aromatic heterocycles. The summed E-state index contributed by atoms with van der Waals surface area (Å²) in [6.07, 6.45) is 0. The predicted molar refractivity (Wildman–Crippen MR) is 206 cm³/mol. The second-order valence-electron chi connectivity index (χ2n) is 11.8. The molecule has 300 valence electrons. The van der Waals surface area contributed by atoms with Crippen LogP contribution in [0, 0.1) is 12.1 Å². The monoisotopic (exact) mass is 854 g/mol. The summed E-state index contributed by atoms with van der Waals surface area (Å²) >= 11 is 1.01. The fourth-order valence-corrected chi connectivity index (χ4v) is 7.13. The molecule has 0 fully saturated rings. The largest absolute Gasteiger partial charge is 0.594 e. The molecule has 6 aromatic carbocycles. The molecule has 11 N–H and O–H groups in total. The molecule has 6 aromatic rings. The van der Waals surface area contributed by atoms with Crippen molar-refractivity contribution in [1.82, 2.24) is 0 Å². The minimum Gasteiger partial charge on any atom is -0.594 e. The molecule has 0 aliphatic carbocycles. The molecule has 0 heterocycles. The molecule has 58 heavy (non-hydrogen) atoms. The third kappa shape index (κ3) is 8.77. The normalized spacial score (nSPS) is 12.4. The Morgan fingerprint density at radius 3 is 1.93 bits per heavy atom. The van der Waals surface area contributed by atoms with E-state index in [0.717, 1.165) is 35.9 Å². The van der Waals surface area contributed by atoms with Gasteiger partial charge in [0.25, 0.3) is 10.1 Å². The van der Waals surface area contributed by atoms with Gasteiger partial charge in [0.2, 0.25) is 5.69 Å². The second kappa shape index (κ2) is 17.0. The average molecular weight is 855 g/mol. The summed E-state index contributed by atoms with van der Waals surface area (Å²) in [5, 5.41) is 101. The smallest absolute Gasteiger partial charge is 0.296 e. The fraction of sp³-hybridized carbons (Fsp3) is 0.0303. The number of aryl methyl sites for hydroxylation is 1. The molecule has 0 aliphatic rings. The van der Waals surface area contributed by atoms with E-state index in [1.165, 1.54) is 24.3 Å². The lowest BCUT2D eigenvalue weighted by Gasteiger charge is -2.12. The molecule has 0 saturated heterocycles. The van der Waals surface area contributed by atoms with Crippen LogP contribution in [-0.4, -0.2) is 48.8 Å². The van der Waals surface area contributed by atoms with Gasteiger partial charge in [-0.2, -0.15) is 8.42 Å². The maximum absolute atomic E-state index is 12.9. The van der Waals surface area contributed by atoms with E-state index in [1.54, 1.807) is 25.1 Å². The number of phenolic OH excluding ortho intramolecular Hbond substituents is 4. The molecule has 0 aliphatic heterocycles. The van der Waals surface area contributed by atoms with Gasteiger partial charge in [-0.15, -0.1) is 29.1 Å². The number of rotatable bonds is 13. The van der Waals surface area contributed by atoms with Crippen LogP contribution in [0.4, 0.5) is 45.5 Å². The van der Waals surface area contributed by atoms with Crippen LogP contribution in [0.1, 0.15) is 5.56 Å². The summed E-state index contributed by atoms with van der Waals surface area (Å²) in [7, 11) is -5.03. The van der Waals surface area contributed by atoms with Crippen LogP contribution in [0.2, 0.25) is 0 Å². The van der Waals surface area contributed by atoms with Gasteiger partial charge in [0.05, 0.1) is 35.0 Å². The van der Waals surface area contributed by atoms with E-state index < -0.39 is 37.9 Å². The highest BCUT2D eigenvalue weighted by molar-refractivity contribution is 7.95. The number of fused-ring (bicyclic) bond motifs is 2. The first kappa shape index (κ1) is 41.2. The Hall–Kier alpha value is -6.39. The Kier molecular flexibility index (Phi) is 12.1. The molecule has 0 saturated carbocycles. The third-order valence-corrected chi connectivity index (χ3v) is 9.98. The van der Waals surface area contributed by atoms with E-state index in [-0.39, 0.29) is 76.4 Å². The number of nitrogen functional groups attached to an aromatic ring is 2. The maximum Gasteiger partial charge on any atom is 0.296 e. The molecule has 6 rings (SSSR count). The highest BCUT2D eigenvalue weighted by Gasteiger charge is 2.24. The molecule has 0 unspecified atom stereocenters. The predicted octanol–water partition coefficient (Wildman–Crippen LogP) is 9.15. The SMILES string of the molecule is Cc1cc(N)c2c(O)c(/N=N/c3ccc(/N=[N+](\[O-])c4ccc(/N=N/c5c(S(=O)(=O)O)cc6cc(SOOO)cc(N)c6c5O)c(O)c4)cc3O)c(SOOO)cc2c1. The number of hydrogen-bond donors (Lipinski definition) is 9. The quantitative estimate of drug-likeness (QED) is 0.00993. The van der Waals surface area contributed by atoms with Crippen LogP contribution in [0.3, 0.4) is 0 Å². The van der Waals surface area contributed by atoms with Crippen LogP contribution in [-0.2, 0) is 28.9 Å². The zero-order valence-corrected chi connectivity index (χ0v) is 31.4. The van der Waals surface area contributed by atoms with Crippen LogP contribution in [0.5, 0.6) is 23.0 Å². The molecule has 0 radical (unpaired) electrons. The Balaban J connectivity index is 1.26. The first-order valence-corrected chi connectivity index (χ1v) is 18.6. The van der Waals surface area contributed by atoms with E-state index in [1.807, 2.05) is 0 Å². The molecule has 0 amide bonds. The number of phenols is 4. The lowest BCUT2D eigenvalue weighted by atomic mass is 10.0. The fourth-order valence-electron chi connectivity index (χ4n) is 5.52. The van der Waals surface area contributed by atoms with Gasteiger partial charge in [-0.3, -0.25) is 4.55 Å². The highest BCUT2D eigenvalue weighted by atomic mass is 32.2. The molecule has 0 spiro atoms. The van der Waals surface area contributed by atoms with Gasteiger partial charge in [0.1, 0.15) is 44.8 Å². The van der Waals surface area contributed by atoms with Gasteiger partial charge < -0.3 is 37.1 Å². The van der Waals surface area contributed by atoms with Crippen LogP contribution in [0.15, 0.2) is 113 Å². The van der Waals surface area contributed by atoms with Crippen molar-refractivity contribution < 1.29 is 67.5 Å². The number of azo groups is 3. The van der Waals surface area contributed by atoms with Crippen molar-refractivity contribution in [3.05, 3.63) is 83.6 Å². The molecular weight excluding hydrogens is 829 g/mol. The van der Waals surface area contributed by atoms with Crippen molar-refractivity contribution in [3.63, 3.8) is 0 Å². The standard InChI is InChI=1S/C33H26N8O14S3/c1-14-6-15-9-26(57-55-53-48)30(32(44)28(15)20(34)7-14)38-36-22-4-2-17(11-24(22)42)40-41(46)18-3-5-23(25(43)12-18)37-39-31-27(58(49,50)51)10-16-8-19(56-54-52-47)13-21(35)29(16)33(31)45/h2-13,42-45,47-48H,34-35H2,1H3,(H,49,50,51)/b38-36+,39-37+,41-40-. The molecule has 0 bridgehead atoms. The van der Waals surface area contributed by atoms with E-state index >= 15 is 0 Å². The van der Waals surface area contributed by atoms with Gasteiger partial charge >= 0.3 is 0 Å². The highest BCUT2D eigenvalue weighted by Crippen LogP contribution is 2.48. The van der Waals surface area contributed by atoms with Gasteiger partial charge in [-0.25, -0.2) is 10.5 Å². The summed E-state index contributed by atoms with van der Waals surface area (Å²) in [6, 6.07) is 15.4. The van der Waals surface area contributed by atoms with Gasteiger partial charge in [-0.1, -0.05) is 16.1 Å². The lowest BCUT2D eigenvalue weighted by molar-refractivity contribution is -0.435. The number of aromatic hydroxyl groups is 4. The zero-order chi connectivity index (χ0) is 41.9. The van der Waals surface area contributed by atoms with Crippen molar-refractivity contribution in [1.29, 1.82) is 0 Å². The van der Waals surface area contributed by atoms with Crippen molar-refractivity contribution >= 4 is 101 Å². The number of benzene rings is 6. The van der Waals surface area contributed by atoms with Gasteiger partial charge in [-0.05, 0) is 76.7 Å². The number of hydrogen-bond acceptors (Lipinski definition) is 22. The van der Waals surface area contributed by atoms with Crippen molar-refractivity contribution in [3.8, 4) is 23.0 Å². The summed E-state index contributed by atoms with van der Waals surface area (Å²) in [5.41, 5.74) is 11.5. The number of anilines is 2. The summed E-state index contributed by atoms with van der Waals surface area (Å²) in [6.45, 7) is 1.80. The van der Waals surface area contributed by atoms with Crippen LogP contribution >= 0.6 is 24.1 Å². The Bertz CT molecular complexity index is 2810. The van der Waals surface area contributed by atoms with Crippen molar-refractivity contribution in [2.24, 2.45) is 25.6 Å². The number of nitrogens with zero attached hydrogens (tertiary/aromatic N) is 6. The molecule has 22 nitrogen and oxygen atoms in total. The molecular formula is C33H26N8O14S3. The topological polar surface area (TPSA) is 353 Å². The van der Waals surface area contributed by atoms with Gasteiger partial charge in [0.15, 0.2) is 11.5 Å². The Morgan fingerprint density at radius 2 is 1.29 bits per heavy atom. The maximum atomic E-state index is 12.9. The summed E-state index contributed by atoms with van der Waals surface area (Å²) < 4.78 is 43.3. The Morgan fingerprint density at radius 1 is 0.707 bits per heavy atom. The van der Waals surface area contributed by atoms with Crippen LogP contribution < -0.4 is 11.5 Å².